The van der Waals surface area contributed by atoms with E-state index in [0.717, 1.165) is 19.3 Å². The zero-order chi connectivity index (χ0) is 31.3. The zero-order valence-electron chi connectivity index (χ0n) is 27.0. The quantitative estimate of drug-likeness (QED) is 0.140. The summed E-state index contributed by atoms with van der Waals surface area (Å²) in [7, 11) is -1.55. The molecule has 1 aliphatic rings. The van der Waals surface area contributed by atoms with Gasteiger partial charge in [0, 0.05) is 0 Å². The highest BCUT2D eigenvalue weighted by Gasteiger charge is 2.30. The third-order valence-electron chi connectivity index (χ3n) is 9.42. The monoisotopic (exact) mass is 632 g/mol. The summed E-state index contributed by atoms with van der Waals surface area (Å²) in [6.45, 7) is 4.71. The van der Waals surface area contributed by atoms with Crippen molar-refractivity contribution in [2.24, 2.45) is 0 Å². The molecule has 2 heteroatoms. The minimum atomic E-state index is -0.776. The fraction of sp³-hybridized carbons (Fsp3) is 0.182. The third-order valence-corrected chi connectivity index (χ3v) is 14.4. The Hall–Kier alpha value is -3.82. The molecule has 6 aromatic rings. The van der Waals surface area contributed by atoms with Crippen LogP contribution >= 0.6 is 15.8 Å². The van der Waals surface area contributed by atoms with Crippen LogP contribution in [-0.4, -0.2) is 0 Å². The van der Waals surface area contributed by atoms with Crippen molar-refractivity contribution in [1.82, 2.24) is 0 Å². The molecule has 0 aliphatic heterocycles. The van der Waals surface area contributed by atoms with Crippen molar-refractivity contribution in [3.05, 3.63) is 168 Å². The topological polar surface area (TPSA) is 0 Å². The standard InChI is InChI=1S/C44H42P2/c1-3-33-29-31-41(45(35-20-9-5-10-21-35)36-22-11-6-12-23-36)43(39(33)4-2)44-40-28-18-17-19-34(40)30-32-42(44)46(37-24-13-7-14-25-37)38-26-15-8-16-27-38/h5-16,20-27,29-32H,3-4,17-19,28H2,1-2H3. The van der Waals surface area contributed by atoms with Crippen molar-refractivity contribution in [3.63, 3.8) is 0 Å². The van der Waals surface area contributed by atoms with E-state index in [1.165, 1.54) is 73.3 Å². The van der Waals surface area contributed by atoms with Gasteiger partial charge >= 0.3 is 0 Å². The first-order chi connectivity index (χ1) is 22.8. The molecular weight excluding hydrogens is 590 g/mol. The summed E-state index contributed by atoms with van der Waals surface area (Å²) in [5.74, 6) is 0. The number of hydrogen-bond acceptors (Lipinski definition) is 0. The van der Waals surface area contributed by atoms with Crippen molar-refractivity contribution >= 4 is 47.7 Å². The Morgan fingerprint density at radius 2 is 0.870 bits per heavy atom. The van der Waals surface area contributed by atoms with Crippen molar-refractivity contribution < 1.29 is 0 Å². The van der Waals surface area contributed by atoms with Crippen molar-refractivity contribution in [1.29, 1.82) is 0 Å². The maximum atomic E-state index is 2.53. The number of fused-ring (bicyclic) bond motifs is 1. The summed E-state index contributed by atoms with van der Waals surface area (Å²) >= 11 is 0. The first-order valence-electron chi connectivity index (χ1n) is 16.9. The van der Waals surface area contributed by atoms with Crippen LogP contribution in [0.4, 0.5) is 0 Å². The molecule has 0 bridgehead atoms. The lowest BCUT2D eigenvalue weighted by Crippen LogP contribution is -2.28. The van der Waals surface area contributed by atoms with Gasteiger partial charge in [-0.2, -0.15) is 0 Å². The number of hydrogen-bond donors (Lipinski definition) is 0. The minimum absolute atomic E-state index is 0.770. The van der Waals surface area contributed by atoms with E-state index < -0.39 is 15.8 Å². The maximum absolute atomic E-state index is 2.53. The van der Waals surface area contributed by atoms with Crippen LogP contribution in [0.15, 0.2) is 146 Å². The summed E-state index contributed by atoms with van der Waals surface area (Å²) in [5.41, 5.74) is 9.24. The van der Waals surface area contributed by atoms with E-state index in [1.807, 2.05) is 0 Å². The Labute approximate surface area is 278 Å². The minimum Gasteiger partial charge on any atom is -0.0622 e. The normalized spacial score (nSPS) is 12.8. The van der Waals surface area contributed by atoms with Crippen LogP contribution in [-0.2, 0) is 25.7 Å². The van der Waals surface area contributed by atoms with Crippen molar-refractivity contribution in [2.45, 2.75) is 52.4 Å². The molecule has 46 heavy (non-hydrogen) atoms. The molecule has 0 heterocycles. The molecule has 228 valence electrons. The molecule has 0 radical (unpaired) electrons. The lowest BCUT2D eigenvalue weighted by Gasteiger charge is -2.32. The smallest absolute Gasteiger partial charge is 0.00560 e. The van der Waals surface area contributed by atoms with Gasteiger partial charge in [0.2, 0.25) is 0 Å². The second kappa shape index (κ2) is 14.3. The van der Waals surface area contributed by atoms with Crippen molar-refractivity contribution in [3.8, 4) is 11.1 Å². The summed E-state index contributed by atoms with van der Waals surface area (Å²) in [4.78, 5) is 0. The summed E-state index contributed by atoms with van der Waals surface area (Å²) < 4.78 is 0. The number of rotatable bonds is 9. The Balaban J connectivity index is 1.61. The molecule has 0 nitrogen and oxygen atoms in total. The SMILES string of the molecule is CCc1ccc(P(c2ccccc2)c2ccccc2)c(-c2c(P(c3ccccc3)c3ccccc3)ccc3c2CCCC3)c1CC. The van der Waals surface area contributed by atoms with Crippen LogP contribution < -0.4 is 31.8 Å². The fourth-order valence-electron chi connectivity index (χ4n) is 7.32. The maximum Gasteiger partial charge on any atom is -0.00560 e. The predicted octanol–water partition coefficient (Wildman–Crippen LogP) is 8.87. The molecule has 1 aliphatic carbocycles. The molecule has 0 N–H and O–H groups in total. The average Bonchev–Trinajstić information content (AvgIpc) is 3.13. The Bertz CT molecular complexity index is 1690. The molecule has 6 aromatic carbocycles. The van der Waals surface area contributed by atoms with Gasteiger partial charge in [-0.25, -0.2) is 0 Å². The fourth-order valence-corrected chi connectivity index (χ4v) is 12.3. The molecule has 0 spiro atoms. The molecule has 0 amide bonds. The number of benzene rings is 6. The van der Waals surface area contributed by atoms with Crippen LogP contribution in [0.1, 0.15) is 48.9 Å². The lowest BCUT2D eigenvalue weighted by atomic mass is 9.83. The summed E-state index contributed by atoms with van der Waals surface area (Å²) in [6, 6.07) is 55.1. The molecule has 0 atom stereocenters. The Kier molecular flexibility index (Phi) is 9.58. The molecule has 0 aromatic heterocycles. The van der Waals surface area contributed by atoms with Gasteiger partial charge in [0.1, 0.15) is 0 Å². The molecule has 0 saturated carbocycles. The predicted molar refractivity (Wildman–Crippen MR) is 205 cm³/mol. The van der Waals surface area contributed by atoms with Crippen LogP contribution in [0, 0.1) is 0 Å². The van der Waals surface area contributed by atoms with E-state index in [4.69, 9.17) is 0 Å². The van der Waals surface area contributed by atoms with Crippen LogP contribution in [0.5, 0.6) is 0 Å². The van der Waals surface area contributed by atoms with Gasteiger partial charge in [0.25, 0.3) is 0 Å². The highest BCUT2D eigenvalue weighted by atomic mass is 31.1. The van der Waals surface area contributed by atoms with Gasteiger partial charge in [0.15, 0.2) is 0 Å². The van der Waals surface area contributed by atoms with Gasteiger partial charge in [-0.1, -0.05) is 159 Å². The number of aryl methyl sites for hydroxylation is 2. The molecular formula is C44H42P2. The summed E-state index contributed by atoms with van der Waals surface area (Å²) in [5, 5.41) is 8.67. The van der Waals surface area contributed by atoms with Crippen LogP contribution in [0.3, 0.4) is 0 Å². The largest absolute Gasteiger partial charge is 0.0622 e. The average molecular weight is 633 g/mol. The van der Waals surface area contributed by atoms with Gasteiger partial charge in [-0.3, -0.25) is 0 Å². The highest BCUT2D eigenvalue weighted by Crippen LogP contribution is 2.45. The van der Waals surface area contributed by atoms with E-state index in [0.29, 0.717) is 0 Å². The van der Waals surface area contributed by atoms with E-state index in [2.05, 4.69) is 159 Å². The second-order valence-electron chi connectivity index (χ2n) is 12.1. The highest BCUT2D eigenvalue weighted by molar-refractivity contribution is 7.80. The lowest BCUT2D eigenvalue weighted by molar-refractivity contribution is 0.687. The van der Waals surface area contributed by atoms with Gasteiger partial charge in [-0.15, -0.1) is 0 Å². The first-order valence-corrected chi connectivity index (χ1v) is 19.6. The molecule has 0 unspecified atom stereocenters. The third kappa shape index (κ3) is 6.02. The van der Waals surface area contributed by atoms with E-state index in [9.17, 15) is 0 Å². The molecule has 7 rings (SSSR count). The molecule has 0 saturated heterocycles. The summed E-state index contributed by atoms with van der Waals surface area (Å²) in [6.07, 6.45) is 6.93. The van der Waals surface area contributed by atoms with Crippen LogP contribution in [0.25, 0.3) is 11.1 Å². The van der Waals surface area contributed by atoms with Gasteiger partial charge in [-0.05, 0) is 120 Å². The second-order valence-corrected chi connectivity index (χ2v) is 16.5. The zero-order valence-corrected chi connectivity index (χ0v) is 28.8. The van der Waals surface area contributed by atoms with E-state index in [1.54, 1.807) is 11.1 Å². The van der Waals surface area contributed by atoms with Crippen molar-refractivity contribution in [2.75, 3.05) is 0 Å². The Morgan fingerprint density at radius 3 is 1.33 bits per heavy atom. The van der Waals surface area contributed by atoms with Gasteiger partial charge < -0.3 is 0 Å². The Morgan fingerprint density at radius 1 is 0.435 bits per heavy atom. The molecule has 0 fully saturated rings. The van der Waals surface area contributed by atoms with Gasteiger partial charge in [0.05, 0.1) is 0 Å². The first kappa shape index (κ1) is 30.8. The van der Waals surface area contributed by atoms with E-state index in [-0.39, 0.29) is 0 Å². The van der Waals surface area contributed by atoms with E-state index >= 15 is 0 Å². The van der Waals surface area contributed by atoms with Crippen LogP contribution in [0.2, 0.25) is 0 Å².